The summed E-state index contributed by atoms with van der Waals surface area (Å²) in [6, 6.07) is 7.31. The number of hydrogen-bond acceptors (Lipinski definition) is 3. The maximum atomic E-state index is 12.4. The van der Waals surface area contributed by atoms with Crippen molar-refractivity contribution >= 4 is 16.8 Å². The van der Waals surface area contributed by atoms with Gasteiger partial charge in [-0.3, -0.25) is 4.79 Å². The molecule has 3 nitrogen and oxygen atoms in total. The van der Waals surface area contributed by atoms with Crippen LogP contribution in [0.15, 0.2) is 45.6 Å². The Kier molecular flexibility index (Phi) is 12.0. The van der Waals surface area contributed by atoms with E-state index < -0.39 is 5.63 Å². The lowest BCUT2D eigenvalue weighted by Crippen LogP contribution is -2.15. The first kappa shape index (κ1) is 24.8. The molecule has 27 heavy (non-hydrogen) atoms. The lowest BCUT2D eigenvalue weighted by molar-refractivity contribution is 0.104. The SMILES string of the molecule is C.CC.CC.Cc1c(C(=O)/C=C/C2CCCCC2)c(=O)oc2ccccc12. The predicted octanol–water partition coefficient (Wildman–Crippen LogP) is 7.11. The van der Waals surface area contributed by atoms with E-state index in [1.54, 1.807) is 19.1 Å². The molecule has 0 amide bonds. The number of rotatable bonds is 3. The molecular weight excluding hydrogens is 336 g/mol. The van der Waals surface area contributed by atoms with E-state index in [-0.39, 0.29) is 18.8 Å². The Balaban J connectivity index is 0.00000127. The van der Waals surface area contributed by atoms with Crippen molar-refractivity contribution in [2.45, 2.75) is 74.1 Å². The molecule has 0 atom stereocenters. The summed E-state index contributed by atoms with van der Waals surface area (Å²) in [6.45, 7) is 9.81. The standard InChI is InChI=1S/C19H20O3.2C2H6.CH4/c1-13-15-9-5-6-10-17(15)22-19(21)18(13)16(20)12-11-14-7-3-2-4-8-14;2*1-2;/h5-6,9-12,14H,2-4,7-8H2,1H3;2*1-2H3;1H4/b12-11+;;;. The Hall–Kier alpha value is -2.16. The second-order valence-corrected chi connectivity index (χ2v) is 6.01. The monoisotopic (exact) mass is 372 g/mol. The molecular formula is C24H36O3. The molecule has 0 unspecified atom stereocenters. The molecule has 3 heteroatoms. The van der Waals surface area contributed by atoms with Crippen molar-refractivity contribution in [3.63, 3.8) is 0 Å². The van der Waals surface area contributed by atoms with E-state index in [1.165, 1.54) is 19.3 Å². The molecule has 1 aromatic carbocycles. The summed E-state index contributed by atoms with van der Waals surface area (Å²) < 4.78 is 5.28. The Bertz CT molecular complexity index is 778. The van der Waals surface area contributed by atoms with E-state index in [4.69, 9.17) is 4.42 Å². The highest BCUT2D eigenvalue weighted by Crippen LogP contribution is 2.25. The van der Waals surface area contributed by atoms with Gasteiger partial charge in [-0.2, -0.15) is 0 Å². The number of aryl methyl sites for hydroxylation is 1. The Morgan fingerprint density at radius 1 is 1.04 bits per heavy atom. The van der Waals surface area contributed by atoms with Crippen molar-refractivity contribution in [2.24, 2.45) is 5.92 Å². The number of fused-ring (bicyclic) bond motifs is 1. The highest BCUT2D eigenvalue weighted by molar-refractivity contribution is 6.07. The summed E-state index contributed by atoms with van der Waals surface area (Å²) in [7, 11) is 0. The molecule has 0 aliphatic heterocycles. The summed E-state index contributed by atoms with van der Waals surface area (Å²) >= 11 is 0. The van der Waals surface area contributed by atoms with Gasteiger partial charge >= 0.3 is 5.63 Å². The van der Waals surface area contributed by atoms with Crippen LogP contribution in [0.2, 0.25) is 0 Å². The zero-order chi connectivity index (χ0) is 19.5. The highest BCUT2D eigenvalue weighted by atomic mass is 16.4. The number of para-hydroxylation sites is 1. The minimum atomic E-state index is -0.547. The molecule has 150 valence electrons. The summed E-state index contributed by atoms with van der Waals surface area (Å²) in [5, 5.41) is 0.816. The Morgan fingerprint density at radius 2 is 1.63 bits per heavy atom. The fourth-order valence-corrected chi connectivity index (χ4v) is 3.22. The van der Waals surface area contributed by atoms with Crippen LogP contribution < -0.4 is 5.63 Å². The molecule has 2 aromatic rings. The van der Waals surface area contributed by atoms with Gasteiger partial charge < -0.3 is 4.42 Å². The molecule has 1 aromatic heterocycles. The van der Waals surface area contributed by atoms with Crippen molar-refractivity contribution in [3.05, 3.63) is 58.0 Å². The fourth-order valence-electron chi connectivity index (χ4n) is 3.22. The van der Waals surface area contributed by atoms with Gasteiger partial charge in [0, 0.05) is 5.39 Å². The molecule has 0 spiro atoms. The van der Waals surface area contributed by atoms with Crippen LogP contribution in [0.5, 0.6) is 0 Å². The Morgan fingerprint density at radius 3 is 2.26 bits per heavy atom. The second-order valence-electron chi connectivity index (χ2n) is 6.01. The van der Waals surface area contributed by atoms with E-state index in [1.807, 2.05) is 52.0 Å². The van der Waals surface area contributed by atoms with Gasteiger partial charge in [0.2, 0.25) is 0 Å². The number of allylic oxidation sites excluding steroid dienone is 2. The van der Waals surface area contributed by atoms with Crippen molar-refractivity contribution < 1.29 is 9.21 Å². The third kappa shape index (κ3) is 6.50. The van der Waals surface area contributed by atoms with Crippen LogP contribution in [0.4, 0.5) is 0 Å². The van der Waals surface area contributed by atoms with Gasteiger partial charge in [-0.15, -0.1) is 0 Å². The molecule has 1 saturated carbocycles. The minimum Gasteiger partial charge on any atom is -0.422 e. The van der Waals surface area contributed by atoms with Crippen LogP contribution in [0.3, 0.4) is 0 Å². The normalized spacial score (nSPS) is 13.8. The third-order valence-electron chi connectivity index (χ3n) is 4.49. The molecule has 1 aliphatic carbocycles. The van der Waals surface area contributed by atoms with E-state index >= 15 is 0 Å². The first-order valence-electron chi connectivity index (χ1n) is 9.92. The van der Waals surface area contributed by atoms with E-state index in [0.29, 0.717) is 17.1 Å². The van der Waals surface area contributed by atoms with E-state index in [9.17, 15) is 9.59 Å². The van der Waals surface area contributed by atoms with Crippen molar-refractivity contribution in [1.29, 1.82) is 0 Å². The molecule has 0 bridgehead atoms. The second kappa shape index (κ2) is 13.1. The molecule has 0 N–H and O–H groups in total. The molecule has 1 fully saturated rings. The maximum absolute atomic E-state index is 12.4. The topological polar surface area (TPSA) is 47.3 Å². The lowest BCUT2D eigenvalue weighted by atomic mass is 9.88. The molecule has 0 saturated heterocycles. The third-order valence-corrected chi connectivity index (χ3v) is 4.49. The number of benzene rings is 1. The molecule has 1 aliphatic rings. The van der Waals surface area contributed by atoms with Gasteiger partial charge in [0.1, 0.15) is 11.1 Å². The quantitative estimate of drug-likeness (QED) is 0.328. The van der Waals surface area contributed by atoms with Crippen LogP contribution in [0.25, 0.3) is 11.0 Å². The summed E-state index contributed by atoms with van der Waals surface area (Å²) in [6.07, 6.45) is 9.52. The average molecular weight is 373 g/mol. The summed E-state index contributed by atoms with van der Waals surface area (Å²) in [5.41, 5.74) is 0.836. The Labute approximate surface area is 164 Å². The molecule has 3 rings (SSSR count). The van der Waals surface area contributed by atoms with Crippen LogP contribution in [0, 0.1) is 12.8 Å². The van der Waals surface area contributed by atoms with Crippen molar-refractivity contribution in [1.82, 2.24) is 0 Å². The molecule has 1 heterocycles. The number of carbonyl (C=O) groups is 1. The fraction of sp³-hybridized carbons (Fsp3) is 0.500. The maximum Gasteiger partial charge on any atom is 0.347 e. The smallest absolute Gasteiger partial charge is 0.347 e. The number of carbonyl (C=O) groups excluding carboxylic acids is 1. The van der Waals surface area contributed by atoms with Gasteiger partial charge in [-0.05, 0) is 43.4 Å². The summed E-state index contributed by atoms with van der Waals surface area (Å²) in [5.74, 6) is 0.216. The lowest BCUT2D eigenvalue weighted by Gasteiger charge is -2.17. The number of ketones is 1. The average Bonchev–Trinajstić information content (AvgIpc) is 2.70. The number of hydrogen-bond donors (Lipinski definition) is 0. The van der Waals surface area contributed by atoms with Crippen LogP contribution >= 0.6 is 0 Å². The van der Waals surface area contributed by atoms with Gasteiger partial charge in [0.25, 0.3) is 0 Å². The minimum absolute atomic E-state index is 0. The summed E-state index contributed by atoms with van der Waals surface area (Å²) in [4.78, 5) is 24.6. The van der Waals surface area contributed by atoms with Gasteiger partial charge in [0.05, 0.1) is 0 Å². The van der Waals surface area contributed by atoms with Gasteiger partial charge in [0.15, 0.2) is 5.78 Å². The molecule has 0 radical (unpaired) electrons. The van der Waals surface area contributed by atoms with E-state index in [0.717, 1.165) is 18.2 Å². The van der Waals surface area contributed by atoms with Crippen LogP contribution in [-0.4, -0.2) is 5.78 Å². The zero-order valence-electron chi connectivity index (χ0n) is 16.8. The zero-order valence-corrected chi connectivity index (χ0v) is 16.8. The van der Waals surface area contributed by atoms with Gasteiger partial charge in [-0.25, -0.2) is 4.79 Å². The van der Waals surface area contributed by atoms with Crippen LogP contribution in [0.1, 0.15) is 83.1 Å². The van der Waals surface area contributed by atoms with Crippen molar-refractivity contribution in [2.75, 3.05) is 0 Å². The predicted molar refractivity (Wildman–Crippen MR) is 117 cm³/mol. The first-order valence-corrected chi connectivity index (χ1v) is 9.92. The van der Waals surface area contributed by atoms with Gasteiger partial charge in [-0.1, -0.05) is 78.7 Å². The highest BCUT2D eigenvalue weighted by Gasteiger charge is 2.17. The van der Waals surface area contributed by atoms with E-state index in [2.05, 4.69) is 0 Å². The van der Waals surface area contributed by atoms with Crippen molar-refractivity contribution in [3.8, 4) is 0 Å². The first-order chi connectivity index (χ1) is 12.7. The van der Waals surface area contributed by atoms with Crippen LogP contribution in [-0.2, 0) is 0 Å². The largest absolute Gasteiger partial charge is 0.422 e.